The summed E-state index contributed by atoms with van der Waals surface area (Å²) >= 11 is 5.84. The van der Waals surface area contributed by atoms with E-state index in [0.717, 1.165) is 12.8 Å². The van der Waals surface area contributed by atoms with Crippen LogP contribution < -0.4 is 4.74 Å². The van der Waals surface area contributed by atoms with Gasteiger partial charge >= 0.3 is 0 Å². The summed E-state index contributed by atoms with van der Waals surface area (Å²) in [6, 6.07) is 9.17. The van der Waals surface area contributed by atoms with Gasteiger partial charge in [0, 0.05) is 18.1 Å². The van der Waals surface area contributed by atoms with Crippen LogP contribution >= 0.6 is 11.6 Å². The topological polar surface area (TPSA) is 53.3 Å². The summed E-state index contributed by atoms with van der Waals surface area (Å²) in [5, 5.41) is 9.47. The molecule has 0 N–H and O–H groups in total. The van der Waals surface area contributed by atoms with Crippen molar-refractivity contribution in [1.29, 1.82) is 5.26 Å². The van der Waals surface area contributed by atoms with Crippen LogP contribution in [-0.4, -0.2) is 30.5 Å². The first-order chi connectivity index (χ1) is 9.19. The van der Waals surface area contributed by atoms with E-state index >= 15 is 0 Å². The second-order valence-corrected chi connectivity index (χ2v) is 4.99. The lowest BCUT2D eigenvalue weighted by Gasteiger charge is -2.29. The number of amides is 1. The van der Waals surface area contributed by atoms with E-state index in [0.29, 0.717) is 23.9 Å². The van der Waals surface area contributed by atoms with Gasteiger partial charge in [-0.1, -0.05) is 17.7 Å². The minimum Gasteiger partial charge on any atom is -0.484 e. The highest BCUT2D eigenvalue weighted by atomic mass is 35.5. The van der Waals surface area contributed by atoms with E-state index in [1.807, 2.05) is 0 Å². The Balaban J connectivity index is 1.86. The average molecular weight is 279 g/mol. The van der Waals surface area contributed by atoms with Gasteiger partial charge < -0.3 is 9.64 Å². The van der Waals surface area contributed by atoms with E-state index in [9.17, 15) is 4.79 Å². The molecule has 1 fully saturated rings. The molecule has 1 saturated heterocycles. The molecule has 0 saturated carbocycles. The molecule has 0 aromatic heterocycles. The first-order valence-electron chi connectivity index (χ1n) is 6.25. The van der Waals surface area contributed by atoms with Gasteiger partial charge in [-0.3, -0.25) is 4.79 Å². The molecule has 5 heteroatoms. The summed E-state index contributed by atoms with van der Waals surface area (Å²) in [4.78, 5) is 13.7. The van der Waals surface area contributed by atoms with Crippen LogP contribution in [0.25, 0.3) is 0 Å². The second kappa shape index (κ2) is 6.44. The molecular formula is C14H15ClN2O2. The predicted octanol–water partition coefficient (Wildman–Crippen LogP) is 2.48. The molecule has 1 heterocycles. The third kappa shape index (κ3) is 3.87. The number of ether oxygens (including phenoxy) is 1. The van der Waals surface area contributed by atoms with Crippen molar-refractivity contribution in [2.24, 2.45) is 5.92 Å². The molecule has 4 nitrogen and oxygen atoms in total. The zero-order valence-electron chi connectivity index (χ0n) is 10.5. The van der Waals surface area contributed by atoms with Gasteiger partial charge in [-0.25, -0.2) is 0 Å². The molecule has 0 aliphatic carbocycles. The minimum absolute atomic E-state index is 0.0154. The lowest BCUT2D eigenvalue weighted by Crippen LogP contribution is -2.41. The molecule has 0 spiro atoms. The first kappa shape index (κ1) is 13.7. The van der Waals surface area contributed by atoms with E-state index in [2.05, 4.69) is 6.07 Å². The number of nitriles is 1. The number of piperidine rings is 1. The molecule has 1 amide bonds. The van der Waals surface area contributed by atoms with Crippen LogP contribution in [0.5, 0.6) is 5.75 Å². The molecule has 1 aliphatic heterocycles. The van der Waals surface area contributed by atoms with Crippen LogP contribution in [0.3, 0.4) is 0 Å². The number of hydrogen-bond donors (Lipinski definition) is 0. The Morgan fingerprint density at radius 3 is 3.16 bits per heavy atom. The smallest absolute Gasteiger partial charge is 0.260 e. The molecule has 1 aromatic carbocycles. The normalized spacial score (nSPS) is 18.7. The van der Waals surface area contributed by atoms with Gasteiger partial charge in [-0.05, 0) is 31.0 Å². The van der Waals surface area contributed by atoms with E-state index in [1.165, 1.54) is 0 Å². The number of nitrogens with zero attached hydrogens (tertiary/aromatic N) is 2. The molecule has 1 unspecified atom stereocenters. The fourth-order valence-electron chi connectivity index (χ4n) is 2.10. The molecule has 0 radical (unpaired) electrons. The summed E-state index contributed by atoms with van der Waals surface area (Å²) in [7, 11) is 0. The van der Waals surface area contributed by atoms with Crippen molar-refractivity contribution in [3.8, 4) is 11.8 Å². The van der Waals surface area contributed by atoms with Crippen molar-refractivity contribution in [2.45, 2.75) is 12.8 Å². The third-order valence-corrected chi connectivity index (χ3v) is 3.35. The number of benzene rings is 1. The molecule has 2 rings (SSSR count). The Morgan fingerprint density at radius 2 is 2.42 bits per heavy atom. The summed E-state index contributed by atoms with van der Waals surface area (Å²) < 4.78 is 5.41. The Morgan fingerprint density at radius 1 is 1.58 bits per heavy atom. The van der Waals surface area contributed by atoms with Crippen LogP contribution in [0, 0.1) is 17.2 Å². The lowest BCUT2D eigenvalue weighted by molar-refractivity contribution is -0.134. The number of halogens is 1. The van der Waals surface area contributed by atoms with Gasteiger partial charge in [0.05, 0.1) is 12.0 Å². The van der Waals surface area contributed by atoms with Crippen LogP contribution in [0.1, 0.15) is 12.8 Å². The predicted molar refractivity (Wildman–Crippen MR) is 71.9 cm³/mol. The zero-order valence-corrected chi connectivity index (χ0v) is 11.3. The van der Waals surface area contributed by atoms with Crippen LogP contribution in [0.15, 0.2) is 24.3 Å². The van der Waals surface area contributed by atoms with E-state index in [1.54, 1.807) is 29.2 Å². The first-order valence-corrected chi connectivity index (χ1v) is 6.62. The summed E-state index contributed by atoms with van der Waals surface area (Å²) in [6.07, 6.45) is 1.75. The minimum atomic E-state index is -0.0834. The Bertz CT molecular complexity index is 498. The highest BCUT2D eigenvalue weighted by molar-refractivity contribution is 6.30. The summed E-state index contributed by atoms with van der Waals surface area (Å²) in [6.45, 7) is 1.20. The number of carbonyl (C=O) groups excluding carboxylic acids is 1. The number of rotatable bonds is 3. The van der Waals surface area contributed by atoms with Crippen LogP contribution in [-0.2, 0) is 4.79 Å². The Kier molecular flexibility index (Phi) is 4.64. The standard InChI is InChI=1S/C14H15ClN2O2/c15-12-4-1-5-13(7-12)19-10-14(18)17-6-2-3-11(8-16)9-17/h1,4-5,7,11H,2-3,6,9-10H2. The van der Waals surface area contributed by atoms with Gasteiger partial charge in [0.2, 0.25) is 0 Å². The van der Waals surface area contributed by atoms with Gasteiger partial charge in [-0.15, -0.1) is 0 Å². The zero-order chi connectivity index (χ0) is 13.7. The van der Waals surface area contributed by atoms with E-state index in [4.69, 9.17) is 21.6 Å². The molecular weight excluding hydrogens is 264 g/mol. The number of carbonyl (C=O) groups is 1. The van der Waals surface area contributed by atoms with E-state index in [-0.39, 0.29) is 18.4 Å². The van der Waals surface area contributed by atoms with Crippen molar-refractivity contribution in [3.63, 3.8) is 0 Å². The highest BCUT2D eigenvalue weighted by Crippen LogP contribution is 2.18. The maximum atomic E-state index is 12.0. The quantitative estimate of drug-likeness (QED) is 0.853. The summed E-state index contributed by atoms with van der Waals surface area (Å²) in [5.41, 5.74) is 0. The molecule has 19 heavy (non-hydrogen) atoms. The Hall–Kier alpha value is -1.73. The van der Waals surface area contributed by atoms with Crippen molar-refractivity contribution >= 4 is 17.5 Å². The van der Waals surface area contributed by atoms with Crippen LogP contribution in [0.2, 0.25) is 5.02 Å². The molecule has 100 valence electrons. The van der Waals surface area contributed by atoms with Gasteiger partial charge in [0.15, 0.2) is 6.61 Å². The maximum Gasteiger partial charge on any atom is 0.260 e. The fourth-order valence-corrected chi connectivity index (χ4v) is 2.28. The van der Waals surface area contributed by atoms with Gasteiger partial charge in [0.25, 0.3) is 5.91 Å². The third-order valence-electron chi connectivity index (χ3n) is 3.12. The van der Waals surface area contributed by atoms with E-state index < -0.39 is 0 Å². The lowest BCUT2D eigenvalue weighted by atomic mass is 10.00. The molecule has 1 aliphatic rings. The van der Waals surface area contributed by atoms with Crippen molar-refractivity contribution < 1.29 is 9.53 Å². The largest absolute Gasteiger partial charge is 0.484 e. The monoisotopic (exact) mass is 278 g/mol. The van der Waals surface area contributed by atoms with Crippen molar-refractivity contribution in [3.05, 3.63) is 29.3 Å². The van der Waals surface area contributed by atoms with Gasteiger partial charge in [-0.2, -0.15) is 5.26 Å². The summed E-state index contributed by atoms with van der Waals surface area (Å²) in [5.74, 6) is 0.443. The average Bonchev–Trinajstić information content (AvgIpc) is 2.45. The fraction of sp³-hybridized carbons (Fsp3) is 0.429. The van der Waals surface area contributed by atoms with Crippen LogP contribution in [0.4, 0.5) is 0 Å². The molecule has 1 atom stereocenters. The van der Waals surface area contributed by atoms with Crippen molar-refractivity contribution in [2.75, 3.05) is 19.7 Å². The second-order valence-electron chi connectivity index (χ2n) is 4.55. The van der Waals surface area contributed by atoms with Crippen molar-refractivity contribution in [1.82, 2.24) is 4.90 Å². The maximum absolute atomic E-state index is 12.0. The number of hydrogen-bond acceptors (Lipinski definition) is 3. The molecule has 0 bridgehead atoms. The number of likely N-dealkylation sites (tertiary alicyclic amines) is 1. The molecule has 1 aromatic rings. The van der Waals surface area contributed by atoms with Gasteiger partial charge in [0.1, 0.15) is 5.75 Å². The SMILES string of the molecule is N#CC1CCCN(C(=O)COc2cccc(Cl)c2)C1. The Labute approximate surface area is 117 Å². The highest BCUT2D eigenvalue weighted by Gasteiger charge is 2.23.